The van der Waals surface area contributed by atoms with Crippen LogP contribution >= 0.6 is 15.9 Å². The molecule has 1 aromatic heterocycles. The van der Waals surface area contributed by atoms with Crippen LogP contribution in [0.25, 0.3) is 0 Å². The van der Waals surface area contributed by atoms with E-state index >= 15 is 0 Å². The minimum atomic E-state index is -0.211. The standard InChI is InChI=1S/C22H26BrN3O4/c1-30-19-7-3-17(4-8-19)5-9-20(27)24-11-2-12-25(14-13-24)22(29)16-26-15-18(23)6-10-21(26)28/h3-4,6-8,10,15H,2,5,9,11-14,16H2,1H3. The molecule has 0 unspecified atom stereocenters. The Labute approximate surface area is 184 Å². The molecule has 0 bridgehead atoms. The lowest BCUT2D eigenvalue weighted by molar-refractivity contribution is -0.133. The zero-order chi connectivity index (χ0) is 21.5. The molecule has 0 spiro atoms. The molecule has 30 heavy (non-hydrogen) atoms. The molecule has 7 nitrogen and oxygen atoms in total. The van der Waals surface area contributed by atoms with Crippen molar-refractivity contribution in [3.05, 3.63) is 63.0 Å². The van der Waals surface area contributed by atoms with Gasteiger partial charge < -0.3 is 19.1 Å². The van der Waals surface area contributed by atoms with Gasteiger partial charge in [-0.15, -0.1) is 0 Å². The molecule has 0 aliphatic carbocycles. The van der Waals surface area contributed by atoms with Crippen molar-refractivity contribution in [1.29, 1.82) is 0 Å². The fraction of sp³-hybridized carbons (Fsp3) is 0.409. The van der Waals surface area contributed by atoms with Crippen molar-refractivity contribution in [3.63, 3.8) is 0 Å². The van der Waals surface area contributed by atoms with Crippen LogP contribution in [0.1, 0.15) is 18.4 Å². The van der Waals surface area contributed by atoms with Gasteiger partial charge in [-0.1, -0.05) is 12.1 Å². The van der Waals surface area contributed by atoms with Crippen molar-refractivity contribution in [1.82, 2.24) is 14.4 Å². The van der Waals surface area contributed by atoms with Gasteiger partial charge >= 0.3 is 0 Å². The maximum atomic E-state index is 12.7. The van der Waals surface area contributed by atoms with E-state index in [1.165, 1.54) is 10.6 Å². The van der Waals surface area contributed by atoms with E-state index in [2.05, 4.69) is 15.9 Å². The maximum Gasteiger partial charge on any atom is 0.251 e. The third-order valence-corrected chi connectivity index (χ3v) is 5.71. The summed E-state index contributed by atoms with van der Waals surface area (Å²) in [6, 6.07) is 10.8. The van der Waals surface area contributed by atoms with Crippen LogP contribution in [0, 0.1) is 0 Å². The van der Waals surface area contributed by atoms with E-state index in [0.717, 1.165) is 22.2 Å². The first-order chi connectivity index (χ1) is 14.5. The Morgan fingerprint density at radius 3 is 2.30 bits per heavy atom. The van der Waals surface area contributed by atoms with Crippen LogP contribution in [-0.4, -0.2) is 59.5 Å². The van der Waals surface area contributed by atoms with Crippen molar-refractivity contribution in [2.75, 3.05) is 33.3 Å². The van der Waals surface area contributed by atoms with Gasteiger partial charge in [-0.25, -0.2) is 0 Å². The van der Waals surface area contributed by atoms with Crippen LogP contribution in [0.5, 0.6) is 5.75 Å². The Bertz CT molecular complexity index is 942. The monoisotopic (exact) mass is 475 g/mol. The minimum Gasteiger partial charge on any atom is -0.497 e. The number of amides is 2. The lowest BCUT2D eigenvalue weighted by Crippen LogP contribution is -2.39. The van der Waals surface area contributed by atoms with Gasteiger partial charge in [0.05, 0.1) is 7.11 Å². The number of rotatable bonds is 6. The SMILES string of the molecule is COc1ccc(CCC(=O)N2CCCN(C(=O)Cn3cc(Br)ccc3=O)CC2)cc1. The summed E-state index contributed by atoms with van der Waals surface area (Å²) < 4.78 is 7.30. The summed E-state index contributed by atoms with van der Waals surface area (Å²) in [5.74, 6) is 0.790. The largest absolute Gasteiger partial charge is 0.497 e. The van der Waals surface area contributed by atoms with Crippen molar-refractivity contribution in [2.24, 2.45) is 0 Å². The van der Waals surface area contributed by atoms with E-state index in [4.69, 9.17) is 4.74 Å². The molecule has 3 rings (SSSR count). The Morgan fingerprint density at radius 2 is 1.63 bits per heavy atom. The molecule has 1 aliphatic heterocycles. The normalized spacial score (nSPS) is 14.3. The number of ether oxygens (including phenoxy) is 1. The second-order valence-corrected chi connectivity index (χ2v) is 8.19. The highest BCUT2D eigenvalue weighted by atomic mass is 79.9. The van der Waals surface area contributed by atoms with Crippen molar-refractivity contribution in [2.45, 2.75) is 25.8 Å². The average molecular weight is 476 g/mol. The van der Waals surface area contributed by atoms with Gasteiger partial charge in [0.25, 0.3) is 5.56 Å². The van der Waals surface area contributed by atoms with Crippen LogP contribution in [-0.2, 0) is 22.6 Å². The highest BCUT2D eigenvalue weighted by Crippen LogP contribution is 2.14. The van der Waals surface area contributed by atoms with E-state index in [1.807, 2.05) is 29.2 Å². The van der Waals surface area contributed by atoms with Gasteiger partial charge in [0.15, 0.2) is 0 Å². The molecule has 0 atom stereocenters. The number of carbonyl (C=O) groups excluding carboxylic acids is 2. The number of halogens is 1. The Morgan fingerprint density at radius 1 is 0.967 bits per heavy atom. The first-order valence-electron chi connectivity index (χ1n) is 10.0. The van der Waals surface area contributed by atoms with Gasteiger partial charge in [-0.3, -0.25) is 14.4 Å². The molecule has 1 aromatic carbocycles. The van der Waals surface area contributed by atoms with E-state index in [1.54, 1.807) is 24.3 Å². The first-order valence-corrected chi connectivity index (χ1v) is 10.8. The highest BCUT2D eigenvalue weighted by Gasteiger charge is 2.22. The van der Waals surface area contributed by atoms with Crippen LogP contribution in [0.3, 0.4) is 0 Å². The van der Waals surface area contributed by atoms with Gasteiger partial charge in [0, 0.05) is 49.3 Å². The molecule has 0 saturated carbocycles. The molecular weight excluding hydrogens is 450 g/mol. The molecule has 1 fully saturated rings. The van der Waals surface area contributed by atoms with Crippen LogP contribution in [0.4, 0.5) is 0 Å². The molecule has 2 amide bonds. The summed E-state index contributed by atoms with van der Waals surface area (Å²) in [6.07, 6.45) is 3.46. The Kier molecular flexibility index (Phi) is 7.68. The lowest BCUT2D eigenvalue weighted by atomic mass is 10.1. The summed E-state index contributed by atoms with van der Waals surface area (Å²) in [4.78, 5) is 40.8. The summed E-state index contributed by atoms with van der Waals surface area (Å²) in [7, 11) is 1.63. The number of benzene rings is 1. The number of hydrogen-bond donors (Lipinski definition) is 0. The molecule has 8 heteroatoms. The van der Waals surface area contributed by atoms with Gasteiger partial charge in [-0.2, -0.15) is 0 Å². The second-order valence-electron chi connectivity index (χ2n) is 7.28. The number of pyridine rings is 1. The number of nitrogens with zero attached hydrogens (tertiary/aromatic N) is 3. The zero-order valence-corrected chi connectivity index (χ0v) is 18.6. The predicted octanol–water partition coefficient (Wildman–Crippen LogP) is 2.31. The molecule has 2 aromatic rings. The van der Waals surface area contributed by atoms with Crippen molar-refractivity contribution >= 4 is 27.7 Å². The van der Waals surface area contributed by atoms with Crippen molar-refractivity contribution in [3.8, 4) is 5.75 Å². The molecule has 0 N–H and O–H groups in total. The van der Waals surface area contributed by atoms with E-state index in [0.29, 0.717) is 39.0 Å². The van der Waals surface area contributed by atoms with Gasteiger partial charge in [-0.05, 0) is 52.5 Å². The third-order valence-electron chi connectivity index (χ3n) is 5.24. The lowest BCUT2D eigenvalue weighted by Gasteiger charge is -2.22. The highest BCUT2D eigenvalue weighted by molar-refractivity contribution is 9.10. The Balaban J connectivity index is 1.50. The third kappa shape index (κ3) is 5.95. The van der Waals surface area contributed by atoms with E-state index in [-0.39, 0.29) is 23.9 Å². The van der Waals surface area contributed by atoms with E-state index < -0.39 is 0 Å². The van der Waals surface area contributed by atoms with Gasteiger partial charge in [0.2, 0.25) is 11.8 Å². The minimum absolute atomic E-state index is 0.00366. The van der Waals surface area contributed by atoms with Crippen molar-refractivity contribution < 1.29 is 14.3 Å². The molecule has 160 valence electrons. The maximum absolute atomic E-state index is 12.7. The quantitative estimate of drug-likeness (QED) is 0.642. The number of aryl methyl sites for hydroxylation is 1. The van der Waals surface area contributed by atoms with Gasteiger partial charge in [0.1, 0.15) is 12.3 Å². The second kappa shape index (κ2) is 10.4. The zero-order valence-electron chi connectivity index (χ0n) is 17.1. The summed E-state index contributed by atoms with van der Waals surface area (Å²) in [6.45, 7) is 2.23. The molecule has 2 heterocycles. The smallest absolute Gasteiger partial charge is 0.251 e. The summed E-state index contributed by atoms with van der Waals surface area (Å²) in [5.41, 5.74) is 0.881. The number of hydrogen-bond acceptors (Lipinski definition) is 4. The topological polar surface area (TPSA) is 71.8 Å². The number of aromatic nitrogens is 1. The van der Waals surface area contributed by atoms with Crippen LogP contribution in [0.2, 0.25) is 0 Å². The molecule has 1 saturated heterocycles. The summed E-state index contributed by atoms with van der Waals surface area (Å²) in [5, 5.41) is 0. The van der Waals surface area contributed by atoms with Crippen LogP contribution < -0.4 is 10.3 Å². The fourth-order valence-corrected chi connectivity index (χ4v) is 3.87. The molecular formula is C22H26BrN3O4. The number of methoxy groups -OCH3 is 1. The predicted molar refractivity (Wildman–Crippen MR) is 117 cm³/mol. The van der Waals surface area contributed by atoms with Crippen LogP contribution in [0.15, 0.2) is 51.9 Å². The number of carbonyl (C=O) groups is 2. The fourth-order valence-electron chi connectivity index (χ4n) is 3.49. The Hall–Kier alpha value is -2.61. The summed E-state index contributed by atoms with van der Waals surface area (Å²) >= 11 is 3.32. The molecule has 0 radical (unpaired) electrons. The average Bonchev–Trinajstić information content (AvgIpc) is 3.01. The first kappa shape index (κ1) is 22.1. The molecule has 1 aliphatic rings. The van der Waals surface area contributed by atoms with E-state index in [9.17, 15) is 14.4 Å².